The smallest absolute Gasteiger partial charge is 0.389 e. The van der Waals surface area contributed by atoms with Gasteiger partial charge in [-0.2, -0.15) is 13.2 Å². The number of hydrogen-bond donors (Lipinski definition) is 0. The fourth-order valence-corrected chi connectivity index (χ4v) is 3.83. The van der Waals surface area contributed by atoms with E-state index in [1.54, 1.807) is 19.2 Å². The van der Waals surface area contributed by atoms with Crippen molar-refractivity contribution >= 4 is 10.9 Å². The van der Waals surface area contributed by atoms with Gasteiger partial charge >= 0.3 is 6.18 Å². The summed E-state index contributed by atoms with van der Waals surface area (Å²) in [6, 6.07) is 12.7. The lowest BCUT2D eigenvalue weighted by Gasteiger charge is -2.26. The second kappa shape index (κ2) is 6.96. The van der Waals surface area contributed by atoms with Gasteiger partial charge in [0.1, 0.15) is 11.6 Å². The first kappa shape index (κ1) is 18.5. The standard InChI is InChI=1S/C21H19F3N2O2/c1-28-16-7-4-13(5-8-16)14-6-9-17-18(11-14)25-19-15(12-21(22,23)24)3-2-10-26(19)20(17)27/h4-9,11,15H,2-3,10,12H2,1H3. The molecule has 7 heteroatoms. The van der Waals surface area contributed by atoms with Crippen LogP contribution in [0.15, 0.2) is 47.3 Å². The van der Waals surface area contributed by atoms with Gasteiger partial charge in [-0.05, 0) is 48.2 Å². The lowest BCUT2D eigenvalue weighted by Crippen LogP contribution is -2.32. The number of alkyl halides is 3. The van der Waals surface area contributed by atoms with Crippen LogP contribution in [0.1, 0.15) is 31.0 Å². The van der Waals surface area contributed by atoms with Gasteiger partial charge in [0.2, 0.25) is 0 Å². The summed E-state index contributed by atoms with van der Waals surface area (Å²) in [6.07, 6.45) is -4.31. The van der Waals surface area contributed by atoms with Gasteiger partial charge < -0.3 is 4.74 Å². The van der Waals surface area contributed by atoms with E-state index >= 15 is 0 Å². The van der Waals surface area contributed by atoms with E-state index in [2.05, 4.69) is 4.98 Å². The predicted octanol–water partition coefficient (Wildman–Crippen LogP) is 4.90. The van der Waals surface area contributed by atoms with E-state index in [0.29, 0.717) is 30.3 Å². The molecule has 0 saturated heterocycles. The highest BCUT2D eigenvalue weighted by Crippen LogP contribution is 2.36. The fraction of sp³-hybridized carbons (Fsp3) is 0.333. The lowest BCUT2D eigenvalue weighted by atomic mass is 9.94. The minimum Gasteiger partial charge on any atom is -0.497 e. The summed E-state index contributed by atoms with van der Waals surface area (Å²) < 4.78 is 45.5. The molecule has 0 N–H and O–H groups in total. The molecular weight excluding hydrogens is 369 g/mol. The van der Waals surface area contributed by atoms with Gasteiger partial charge in [-0.15, -0.1) is 0 Å². The Kier molecular flexibility index (Phi) is 4.61. The molecule has 1 aliphatic heterocycles. The molecule has 1 unspecified atom stereocenters. The quantitative estimate of drug-likeness (QED) is 0.641. The zero-order valence-corrected chi connectivity index (χ0v) is 15.3. The van der Waals surface area contributed by atoms with Crippen LogP contribution in [0.5, 0.6) is 5.75 Å². The van der Waals surface area contributed by atoms with Crippen molar-refractivity contribution in [2.45, 2.75) is 37.9 Å². The van der Waals surface area contributed by atoms with Gasteiger partial charge in [0, 0.05) is 12.5 Å². The van der Waals surface area contributed by atoms with E-state index in [4.69, 9.17) is 4.74 Å². The Bertz CT molecular complexity index is 1070. The minimum atomic E-state index is -4.29. The second-order valence-electron chi connectivity index (χ2n) is 7.05. The molecule has 28 heavy (non-hydrogen) atoms. The van der Waals surface area contributed by atoms with Crippen molar-refractivity contribution in [2.24, 2.45) is 0 Å². The minimum absolute atomic E-state index is 0.243. The maximum atomic E-state index is 13.0. The molecule has 0 radical (unpaired) electrons. The van der Waals surface area contributed by atoms with E-state index < -0.39 is 18.5 Å². The van der Waals surface area contributed by atoms with Crippen LogP contribution in [0, 0.1) is 0 Å². The summed E-state index contributed by atoms with van der Waals surface area (Å²) in [4.78, 5) is 17.3. The molecule has 2 heterocycles. The van der Waals surface area contributed by atoms with E-state index in [0.717, 1.165) is 16.9 Å². The van der Waals surface area contributed by atoms with Crippen LogP contribution in [-0.4, -0.2) is 22.8 Å². The lowest BCUT2D eigenvalue weighted by molar-refractivity contribution is -0.140. The largest absolute Gasteiger partial charge is 0.497 e. The van der Waals surface area contributed by atoms with Crippen molar-refractivity contribution < 1.29 is 17.9 Å². The molecule has 0 amide bonds. The van der Waals surface area contributed by atoms with Gasteiger partial charge in [-0.1, -0.05) is 18.2 Å². The van der Waals surface area contributed by atoms with Crippen molar-refractivity contribution in [3.63, 3.8) is 0 Å². The average Bonchev–Trinajstić information content (AvgIpc) is 2.67. The average molecular weight is 388 g/mol. The topological polar surface area (TPSA) is 44.1 Å². The molecule has 4 nitrogen and oxygen atoms in total. The van der Waals surface area contributed by atoms with Crippen LogP contribution in [0.2, 0.25) is 0 Å². The normalized spacial score (nSPS) is 16.8. The van der Waals surface area contributed by atoms with E-state index in [9.17, 15) is 18.0 Å². The molecule has 4 rings (SSSR count). The van der Waals surface area contributed by atoms with Gasteiger partial charge in [0.05, 0.1) is 24.4 Å². The summed E-state index contributed by atoms with van der Waals surface area (Å²) in [5, 5.41) is 0.425. The van der Waals surface area contributed by atoms with Crippen molar-refractivity contribution in [1.82, 2.24) is 9.55 Å². The Balaban J connectivity index is 1.81. The SMILES string of the molecule is COc1ccc(-c2ccc3c(=O)n4c(nc3c2)C(CC(F)(F)F)CCC4)cc1. The second-order valence-corrected chi connectivity index (χ2v) is 7.05. The van der Waals surface area contributed by atoms with Gasteiger partial charge in [-0.3, -0.25) is 9.36 Å². The first-order valence-electron chi connectivity index (χ1n) is 9.11. The highest BCUT2D eigenvalue weighted by atomic mass is 19.4. The number of rotatable bonds is 3. The molecule has 0 bridgehead atoms. The highest BCUT2D eigenvalue weighted by molar-refractivity contribution is 5.83. The molecule has 146 valence electrons. The first-order chi connectivity index (χ1) is 13.4. The van der Waals surface area contributed by atoms with Crippen molar-refractivity contribution in [3.8, 4) is 16.9 Å². The van der Waals surface area contributed by atoms with Crippen LogP contribution >= 0.6 is 0 Å². The van der Waals surface area contributed by atoms with Crippen LogP contribution in [0.4, 0.5) is 13.2 Å². The summed E-state index contributed by atoms with van der Waals surface area (Å²) in [7, 11) is 1.59. The number of fused-ring (bicyclic) bond motifs is 2. The number of nitrogens with zero attached hydrogens (tertiary/aromatic N) is 2. The van der Waals surface area contributed by atoms with E-state index in [-0.39, 0.29) is 11.4 Å². The van der Waals surface area contributed by atoms with E-state index in [1.165, 1.54) is 4.57 Å². The molecule has 0 saturated carbocycles. The Morgan fingerprint density at radius 2 is 1.86 bits per heavy atom. The molecular formula is C21H19F3N2O2. The van der Waals surface area contributed by atoms with Crippen molar-refractivity contribution in [1.29, 1.82) is 0 Å². The Morgan fingerprint density at radius 3 is 2.54 bits per heavy atom. The maximum absolute atomic E-state index is 13.0. The van der Waals surface area contributed by atoms with Crippen molar-refractivity contribution in [2.75, 3.05) is 7.11 Å². The predicted molar refractivity (Wildman–Crippen MR) is 101 cm³/mol. The summed E-state index contributed by atoms with van der Waals surface area (Å²) in [5.74, 6) is 0.188. The zero-order chi connectivity index (χ0) is 19.9. The Morgan fingerprint density at radius 1 is 1.14 bits per heavy atom. The van der Waals surface area contributed by atoms with Crippen LogP contribution in [0.3, 0.4) is 0 Å². The molecule has 0 fully saturated rings. The Labute approximate surface area is 159 Å². The maximum Gasteiger partial charge on any atom is 0.389 e. The third-order valence-electron chi connectivity index (χ3n) is 5.19. The molecule has 3 aromatic rings. The molecule has 1 aliphatic rings. The summed E-state index contributed by atoms with van der Waals surface area (Å²) >= 11 is 0. The number of methoxy groups -OCH3 is 1. The van der Waals surface area contributed by atoms with Crippen molar-refractivity contribution in [3.05, 3.63) is 58.6 Å². The number of benzene rings is 2. The van der Waals surface area contributed by atoms with Gasteiger partial charge in [0.25, 0.3) is 5.56 Å². The number of aromatic nitrogens is 2. The monoisotopic (exact) mass is 388 g/mol. The first-order valence-corrected chi connectivity index (χ1v) is 9.11. The number of hydrogen-bond acceptors (Lipinski definition) is 3. The molecule has 1 aromatic heterocycles. The summed E-state index contributed by atoms with van der Waals surface area (Å²) in [6.45, 7) is 0.408. The van der Waals surface area contributed by atoms with Gasteiger partial charge in [0.15, 0.2) is 0 Å². The highest BCUT2D eigenvalue weighted by Gasteiger charge is 2.36. The number of halogens is 3. The Hall–Kier alpha value is -2.83. The fourth-order valence-electron chi connectivity index (χ4n) is 3.83. The van der Waals surface area contributed by atoms with E-state index in [1.807, 2.05) is 30.3 Å². The molecule has 0 aliphatic carbocycles. The van der Waals surface area contributed by atoms with Gasteiger partial charge in [-0.25, -0.2) is 4.98 Å². The summed E-state index contributed by atoms with van der Waals surface area (Å²) in [5.41, 5.74) is 1.91. The number of ether oxygens (including phenoxy) is 1. The third-order valence-corrected chi connectivity index (χ3v) is 5.19. The van der Waals surface area contributed by atoms with Crippen LogP contribution < -0.4 is 10.3 Å². The van der Waals surface area contributed by atoms with Crippen LogP contribution in [-0.2, 0) is 6.54 Å². The van der Waals surface area contributed by atoms with Crippen LogP contribution in [0.25, 0.3) is 22.0 Å². The zero-order valence-electron chi connectivity index (χ0n) is 15.3. The third kappa shape index (κ3) is 3.48. The molecule has 2 aromatic carbocycles. The molecule has 1 atom stereocenters. The molecule has 0 spiro atoms.